The van der Waals surface area contributed by atoms with E-state index in [1.807, 2.05) is 23.5 Å². The van der Waals surface area contributed by atoms with Crippen LogP contribution in [0.15, 0.2) is 22.7 Å². The molecule has 0 aliphatic rings. The lowest BCUT2D eigenvalue weighted by atomic mass is 10.2. The van der Waals surface area contributed by atoms with Crippen molar-refractivity contribution >= 4 is 27.3 Å². The van der Waals surface area contributed by atoms with Gasteiger partial charge in [-0.25, -0.2) is 0 Å². The number of nitrogens with one attached hydrogen (secondary N) is 1. The molecule has 0 fully saturated rings. The fourth-order valence-corrected chi connectivity index (χ4v) is 3.46. The summed E-state index contributed by atoms with van der Waals surface area (Å²) < 4.78 is 5.79. The average Bonchev–Trinajstić information content (AvgIpc) is 2.72. The molecule has 2 rings (SSSR count). The summed E-state index contributed by atoms with van der Waals surface area (Å²) in [6.07, 6.45) is 0. The van der Waals surface area contributed by atoms with Crippen molar-refractivity contribution < 1.29 is 9.84 Å². The number of hydrogen-bond acceptors (Lipinski definition) is 4. The summed E-state index contributed by atoms with van der Waals surface area (Å²) in [4.78, 5) is 2.71. The van der Waals surface area contributed by atoms with E-state index in [2.05, 4.69) is 41.2 Å². The molecule has 0 amide bonds. The van der Waals surface area contributed by atoms with Crippen LogP contribution in [0.4, 0.5) is 0 Å². The third-order valence-electron chi connectivity index (χ3n) is 3.15. The van der Waals surface area contributed by atoms with Crippen molar-refractivity contribution in [3.05, 3.63) is 43.6 Å². The molecule has 0 aliphatic heterocycles. The Morgan fingerprint density at radius 2 is 2.00 bits per heavy atom. The molecule has 0 atom stereocenters. The fourth-order valence-electron chi connectivity index (χ4n) is 1.95. The lowest BCUT2D eigenvalue weighted by molar-refractivity contribution is 0.371. The molecule has 2 N–H and O–H groups in total. The number of ether oxygens (including phenoxy) is 1. The van der Waals surface area contributed by atoms with Crippen LogP contribution in [-0.2, 0) is 13.1 Å². The number of hydrogen-bond donors (Lipinski definition) is 2. The van der Waals surface area contributed by atoms with E-state index in [0.717, 1.165) is 18.7 Å². The molecule has 0 unspecified atom stereocenters. The molecule has 1 aromatic carbocycles. The van der Waals surface area contributed by atoms with Gasteiger partial charge in [-0.05, 0) is 59.1 Å². The fraction of sp³-hybridized carbons (Fsp3) is 0.333. The third-order valence-corrected chi connectivity index (χ3v) is 4.91. The maximum absolute atomic E-state index is 9.77. The number of benzene rings is 1. The summed E-state index contributed by atoms with van der Waals surface area (Å²) in [6.45, 7) is 5.86. The minimum atomic E-state index is 0.140. The van der Waals surface area contributed by atoms with Crippen LogP contribution in [-0.4, -0.2) is 12.2 Å². The largest absolute Gasteiger partial charge is 0.503 e. The van der Waals surface area contributed by atoms with Gasteiger partial charge in [-0.3, -0.25) is 0 Å². The van der Waals surface area contributed by atoms with Gasteiger partial charge in [-0.1, -0.05) is 0 Å². The molecule has 0 saturated heterocycles. The van der Waals surface area contributed by atoms with E-state index in [0.29, 0.717) is 10.2 Å². The predicted molar refractivity (Wildman–Crippen MR) is 86.7 cm³/mol. The van der Waals surface area contributed by atoms with E-state index < -0.39 is 0 Å². The Balaban J connectivity index is 1.99. The van der Waals surface area contributed by atoms with Crippen LogP contribution < -0.4 is 10.1 Å². The number of rotatable bonds is 5. The van der Waals surface area contributed by atoms with Gasteiger partial charge >= 0.3 is 0 Å². The Hall–Kier alpha value is -1.04. The zero-order chi connectivity index (χ0) is 14.7. The van der Waals surface area contributed by atoms with Gasteiger partial charge in [0.25, 0.3) is 0 Å². The number of halogens is 1. The van der Waals surface area contributed by atoms with Crippen LogP contribution in [0, 0.1) is 13.8 Å². The molecule has 0 aliphatic carbocycles. The lowest BCUT2D eigenvalue weighted by Gasteiger charge is -2.09. The van der Waals surface area contributed by atoms with Gasteiger partial charge in [0, 0.05) is 22.8 Å². The van der Waals surface area contributed by atoms with Crippen molar-refractivity contribution in [2.45, 2.75) is 26.9 Å². The van der Waals surface area contributed by atoms with E-state index in [4.69, 9.17) is 4.74 Å². The summed E-state index contributed by atoms with van der Waals surface area (Å²) in [6, 6.07) is 5.97. The second-order valence-corrected chi connectivity index (χ2v) is 6.88. The van der Waals surface area contributed by atoms with Crippen molar-refractivity contribution in [3.8, 4) is 11.5 Å². The van der Waals surface area contributed by atoms with E-state index >= 15 is 0 Å². The van der Waals surface area contributed by atoms with Crippen LogP contribution in [0.25, 0.3) is 0 Å². The van der Waals surface area contributed by atoms with Crippen molar-refractivity contribution in [3.63, 3.8) is 0 Å². The molecule has 20 heavy (non-hydrogen) atoms. The summed E-state index contributed by atoms with van der Waals surface area (Å²) in [7, 11) is 1.55. The van der Waals surface area contributed by atoms with Crippen LogP contribution >= 0.6 is 27.3 Å². The molecule has 0 radical (unpaired) electrons. The monoisotopic (exact) mass is 355 g/mol. The Morgan fingerprint density at radius 3 is 2.60 bits per heavy atom. The van der Waals surface area contributed by atoms with Crippen molar-refractivity contribution in [1.82, 2.24) is 5.32 Å². The molecule has 5 heteroatoms. The van der Waals surface area contributed by atoms with Crippen LogP contribution in [0.5, 0.6) is 11.5 Å². The highest BCUT2D eigenvalue weighted by atomic mass is 79.9. The minimum absolute atomic E-state index is 0.140. The smallest absolute Gasteiger partial charge is 0.172 e. The van der Waals surface area contributed by atoms with E-state index in [1.54, 1.807) is 7.11 Å². The number of aryl methyl sites for hydroxylation is 2. The Morgan fingerprint density at radius 1 is 1.25 bits per heavy atom. The van der Waals surface area contributed by atoms with Crippen molar-refractivity contribution in [2.24, 2.45) is 0 Å². The maximum atomic E-state index is 9.77. The number of aromatic hydroxyl groups is 1. The average molecular weight is 356 g/mol. The molecule has 0 saturated carbocycles. The van der Waals surface area contributed by atoms with Crippen LogP contribution in [0.1, 0.15) is 20.9 Å². The number of methoxy groups -OCH3 is 1. The Bertz CT molecular complexity index is 591. The van der Waals surface area contributed by atoms with Crippen molar-refractivity contribution in [2.75, 3.05) is 7.11 Å². The van der Waals surface area contributed by atoms with E-state index in [-0.39, 0.29) is 5.75 Å². The zero-order valence-electron chi connectivity index (χ0n) is 11.8. The molecule has 1 aromatic heterocycles. The number of phenolic OH excluding ortho intramolecular Hbond substituents is 1. The molecule has 108 valence electrons. The van der Waals surface area contributed by atoms with Crippen LogP contribution in [0.3, 0.4) is 0 Å². The van der Waals surface area contributed by atoms with Gasteiger partial charge in [-0.2, -0.15) is 0 Å². The zero-order valence-corrected chi connectivity index (χ0v) is 14.2. The first-order chi connectivity index (χ1) is 9.51. The van der Waals surface area contributed by atoms with Gasteiger partial charge in [0.05, 0.1) is 11.6 Å². The SMILES string of the molecule is COc1cc(CNCc2cc(C)c(C)s2)cc(Br)c1O. The molecule has 2 aromatic rings. The summed E-state index contributed by atoms with van der Waals surface area (Å²) in [5, 5.41) is 13.2. The van der Waals surface area contributed by atoms with Gasteiger partial charge < -0.3 is 15.2 Å². The minimum Gasteiger partial charge on any atom is -0.503 e. The first-order valence-electron chi connectivity index (χ1n) is 6.33. The number of phenols is 1. The Labute approximate surface area is 131 Å². The Kier molecular flexibility index (Phi) is 5.07. The second kappa shape index (κ2) is 6.61. The number of thiophene rings is 1. The summed E-state index contributed by atoms with van der Waals surface area (Å²) >= 11 is 5.16. The van der Waals surface area contributed by atoms with E-state index in [1.165, 1.54) is 15.3 Å². The first kappa shape index (κ1) is 15.4. The summed E-state index contributed by atoms with van der Waals surface area (Å²) in [5.41, 5.74) is 2.41. The third kappa shape index (κ3) is 3.53. The summed E-state index contributed by atoms with van der Waals surface area (Å²) in [5.74, 6) is 0.625. The standard InChI is InChI=1S/C15H18BrNO2S/c1-9-4-12(20-10(9)2)8-17-7-11-5-13(16)15(18)14(6-11)19-3/h4-6,17-18H,7-8H2,1-3H3. The van der Waals surface area contributed by atoms with Gasteiger partial charge in [0.1, 0.15) is 0 Å². The lowest BCUT2D eigenvalue weighted by Crippen LogP contribution is -2.11. The van der Waals surface area contributed by atoms with Crippen LogP contribution in [0.2, 0.25) is 0 Å². The molecular weight excluding hydrogens is 338 g/mol. The van der Waals surface area contributed by atoms with Crippen molar-refractivity contribution in [1.29, 1.82) is 0 Å². The molecule has 3 nitrogen and oxygen atoms in total. The first-order valence-corrected chi connectivity index (χ1v) is 7.94. The highest BCUT2D eigenvalue weighted by molar-refractivity contribution is 9.10. The van der Waals surface area contributed by atoms with Gasteiger partial charge in [0.2, 0.25) is 0 Å². The predicted octanol–water partition coefficient (Wildman–Crippen LogP) is 4.13. The molecule has 0 spiro atoms. The highest BCUT2D eigenvalue weighted by Gasteiger charge is 2.08. The second-order valence-electron chi connectivity index (χ2n) is 4.68. The molecular formula is C15H18BrNO2S. The normalized spacial score (nSPS) is 10.8. The maximum Gasteiger partial charge on any atom is 0.172 e. The van der Waals surface area contributed by atoms with E-state index in [9.17, 15) is 5.11 Å². The topological polar surface area (TPSA) is 41.5 Å². The van der Waals surface area contributed by atoms with Gasteiger partial charge in [0.15, 0.2) is 11.5 Å². The molecule has 1 heterocycles. The quantitative estimate of drug-likeness (QED) is 0.846. The van der Waals surface area contributed by atoms with Gasteiger partial charge in [-0.15, -0.1) is 11.3 Å². The molecule has 0 bridgehead atoms. The highest BCUT2D eigenvalue weighted by Crippen LogP contribution is 2.35.